The molecule has 2 rings (SSSR count). The summed E-state index contributed by atoms with van der Waals surface area (Å²) in [5.74, 6) is 1.94. The SMILES string of the molecule is COc1ccc(CSC2CN(C)C(=S)N(C)C2)cc1. The van der Waals surface area contributed by atoms with Crippen LogP contribution in [0.1, 0.15) is 5.56 Å². The largest absolute Gasteiger partial charge is 0.497 e. The highest BCUT2D eigenvalue weighted by molar-refractivity contribution is 7.99. The molecule has 0 N–H and O–H groups in total. The molecule has 1 heterocycles. The Kier molecular flexibility index (Phi) is 4.93. The summed E-state index contributed by atoms with van der Waals surface area (Å²) in [6.45, 7) is 2.06. The molecule has 0 aromatic heterocycles. The smallest absolute Gasteiger partial charge is 0.171 e. The van der Waals surface area contributed by atoms with E-state index in [1.807, 2.05) is 23.9 Å². The highest BCUT2D eigenvalue weighted by Gasteiger charge is 2.24. The van der Waals surface area contributed by atoms with Crippen LogP contribution in [-0.4, -0.2) is 54.5 Å². The first kappa shape index (κ1) is 14.5. The van der Waals surface area contributed by atoms with Crippen LogP contribution in [0.5, 0.6) is 5.75 Å². The summed E-state index contributed by atoms with van der Waals surface area (Å²) in [5.41, 5.74) is 1.34. The summed E-state index contributed by atoms with van der Waals surface area (Å²) < 4.78 is 5.17. The summed E-state index contributed by atoms with van der Waals surface area (Å²) >= 11 is 7.33. The van der Waals surface area contributed by atoms with Crippen molar-refractivity contribution in [2.75, 3.05) is 34.3 Å². The fourth-order valence-corrected chi connectivity index (χ4v) is 3.59. The second-order valence-corrected chi connectivity index (χ2v) is 6.48. The predicted molar refractivity (Wildman–Crippen MR) is 85.9 cm³/mol. The maximum atomic E-state index is 5.34. The van der Waals surface area contributed by atoms with Gasteiger partial charge in [0.1, 0.15) is 5.75 Å². The topological polar surface area (TPSA) is 15.7 Å². The van der Waals surface area contributed by atoms with E-state index in [9.17, 15) is 0 Å². The Morgan fingerprint density at radius 3 is 2.32 bits per heavy atom. The van der Waals surface area contributed by atoms with Crippen molar-refractivity contribution >= 4 is 29.1 Å². The zero-order chi connectivity index (χ0) is 13.8. The second-order valence-electron chi connectivity index (χ2n) is 4.82. The molecule has 0 unspecified atom stereocenters. The highest BCUT2D eigenvalue weighted by Crippen LogP contribution is 2.23. The molecule has 1 aromatic rings. The van der Waals surface area contributed by atoms with Gasteiger partial charge >= 0.3 is 0 Å². The summed E-state index contributed by atoms with van der Waals surface area (Å²) in [7, 11) is 5.83. The van der Waals surface area contributed by atoms with E-state index in [0.717, 1.165) is 29.7 Å². The van der Waals surface area contributed by atoms with Crippen molar-refractivity contribution in [3.8, 4) is 5.75 Å². The lowest BCUT2D eigenvalue weighted by Crippen LogP contribution is -2.51. The van der Waals surface area contributed by atoms with Gasteiger partial charge in [-0.05, 0) is 29.9 Å². The first-order valence-corrected chi connectivity index (χ1v) is 7.76. The number of nitrogens with zero attached hydrogens (tertiary/aromatic N) is 2. The first-order valence-electron chi connectivity index (χ1n) is 6.31. The number of thioether (sulfide) groups is 1. The van der Waals surface area contributed by atoms with E-state index in [1.54, 1.807) is 7.11 Å². The number of ether oxygens (including phenoxy) is 1. The van der Waals surface area contributed by atoms with E-state index in [-0.39, 0.29) is 0 Å². The maximum Gasteiger partial charge on any atom is 0.171 e. The minimum absolute atomic E-state index is 0.601. The van der Waals surface area contributed by atoms with Crippen molar-refractivity contribution in [2.45, 2.75) is 11.0 Å². The van der Waals surface area contributed by atoms with Crippen LogP contribution in [0.4, 0.5) is 0 Å². The van der Waals surface area contributed by atoms with Crippen molar-refractivity contribution in [1.82, 2.24) is 9.80 Å². The van der Waals surface area contributed by atoms with E-state index < -0.39 is 0 Å². The molecule has 104 valence electrons. The minimum Gasteiger partial charge on any atom is -0.497 e. The third-order valence-electron chi connectivity index (χ3n) is 3.25. The molecule has 0 amide bonds. The highest BCUT2D eigenvalue weighted by atomic mass is 32.2. The van der Waals surface area contributed by atoms with Crippen LogP contribution in [0.25, 0.3) is 0 Å². The van der Waals surface area contributed by atoms with Crippen LogP contribution in [0, 0.1) is 0 Å². The molecule has 0 saturated carbocycles. The zero-order valence-electron chi connectivity index (χ0n) is 11.6. The van der Waals surface area contributed by atoms with Crippen LogP contribution in [0.2, 0.25) is 0 Å². The van der Waals surface area contributed by atoms with Gasteiger partial charge in [-0.15, -0.1) is 0 Å². The molecule has 0 bridgehead atoms. The van der Waals surface area contributed by atoms with Crippen LogP contribution in [-0.2, 0) is 5.75 Å². The van der Waals surface area contributed by atoms with E-state index in [2.05, 4.69) is 36.0 Å². The van der Waals surface area contributed by atoms with E-state index in [4.69, 9.17) is 17.0 Å². The molecular formula is C14H20N2OS2. The molecule has 19 heavy (non-hydrogen) atoms. The van der Waals surface area contributed by atoms with Gasteiger partial charge in [0, 0.05) is 38.2 Å². The molecule has 0 aliphatic carbocycles. The Hall–Kier alpha value is -0.940. The third kappa shape index (κ3) is 3.76. The van der Waals surface area contributed by atoms with Crippen LogP contribution >= 0.6 is 24.0 Å². The van der Waals surface area contributed by atoms with Crippen molar-refractivity contribution in [2.24, 2.45) is 0 Å². The molecule has 1 saturated heterocycles. The normalized spacial score (nSPS) is 16.9. The second kappa shape index (κ2) is 6.48. The molecule has 3 nitrogen and oxygen atoms in total. The fourth-order valence-electron chi connectivity index (χ4n) is 2.16. The van der Waals surface area contributed by atoms with Crippen LogP contribution in [0.15, 0.2) is 24.3 Å². The Morgan fingerprint density at radius 1 is 1.21 bits per heavy atom. The first-order chi connectivity index (χ1) is 9.10. The maximum absolute atomic E-state index is 5.34. The molecule has 5 heteroatoms. The third-order valence-corrected chi connectivity index (χ3v) is 5.15. The van der Waals surface area contributed by atoms with Gasteiger partial charge in [0.05, 0.1) is 7.11 Å². The lowest BCUT2D eigenvalue weighted by Gasteiger charge is -2.38. The summed E-state index contributed by atoms with van der Waals surface area (Å²) in [4.78, 5) is 4.31. The van der Waals surface area contributed by atoms with Crippen molar-refractivity contribution in [1.29, 1.82) is 0 Å². The number of hydrogen-bond acceptors (Lipinski definition) is 3. The summed E-state index contributed by atoms with van der Waals surface area (Å²) in [6, 6.07) is 8.30. The van der Waals surface area contributed by atoms with Crippen LogP contribution < -0.4 is 4.74 Å². The summed E-state index contributed by atoms with van der Waals surface area (Å²) in [6.07, 6.45) is 0. The average Bonchev–Trinajstić information content (AvgIpc) is 2.43. The van der Waals surface area contributed by atoms with Gasteiger partial charge in [-0.25, -0.2) is 0 Å². The number of rotatable bonds is 4. The molecule has 1 aliphatic heterocycles. The monoisotopic (exact) mass is 296 g/mol. The van der Waals surface area contributed by atoms with E-state index in [0.29, 0.717) is 5.25 Å². The number of benzene rings is 1. The Bertz CT molecular complexity index is 422. The molecule has 1 aliphatic rings. The molecule has 0 atom stereocenters. The van der Waals surface area contributed by atoms with Gasteiger partial charge in [0.15, 0.2) is 5.11 Å². The molecule has 0 radical (unpaired) electrons. The predicted octanol–water partition coefficient (Wildman–Crippen LogP) is 2.46. The standard InChI is InChI=1S/C14H20N2OS2/c1-15-8-13(9-16(2)14(15)18)19-10-11-4-6-12(17-3)7-5-11/h4-7,13H,8-10H2,1-3H3. The Labute approximate surface area is 124 Å². The van der Waals surface area contributed by atoms with Crippen molar-refractivity contribution in [3.63, 3.8) is 0 Å². The van der Waals surface area contributed by atoms with E-state index in [1.165, 1.54) is 5.56 Å². The average molecular weight is 296 g/mol. The van der Waals surface area contributed by atoms with Gasteiger partial charge in [-0.1, -0.05) is 12.1 Å². The van der Waals surface area contributed by atoms with Gasteiger partial charge in [0.25, 0.3) is 0 Å². The van der Waals surface area contributed by atoms with Crippen molar-refractivity contribution in [3.05, 3.63) is 29.8 Å². The lowest BCUT2D eigenvalue weighted by molar-refractivity contribution is 0.337. The number of thiocarbonyl (C=S) groups is 1. The van der Waals surface area contributed by atoms with Crippen molar-refractivity contribution < 1.29 is 4.74 Å². The zero-order valence-corrected chi connectivity index (χ0v) is 13.3. The number of hydrogen-bond donors (Lipinski definition) is 0. The van der Waals surface area contributed by atoms with Gasteiger partial charge in [0.2, 0.25) is 0 Å². The fraction of sp³-hybridized carbons (Fsp3) is 0.500. The quantitative estimate of drug-likeness (QED) is 0.791. The minimum atomic E-state index is 0.601. The Morgan fingerprint density at radius 2 is 1.79 bits per heavy atom. The molecule has 1 aromatic carbocycles. The lowest BCUT2D eigenvalue weighted by atomic mass is 10.2. The molecule has 0 spiro atoms. The Balaban J connectivity index is 1.86. The summed E-state index contributed by atoms with van der Waals surface area (Å²) in [5, 5.41) is 1.55. The molecule has 1 fully saturated rings. The van der Waals surface area contributed by atoms with E-state index >= 15 is 0 Å². The molecular weight excluding hydrogens is 276 g/mol. The van der Waals surface area contributed by atoms with Gasteiger partial charge in [-0.3, -0.25) is 0 Å². The van der Waals surface area contributed by atoms with Crippen LogP contribution in [0.3, 0.4) is 0 Å². The van der Waals surface area contributed by atoms with Gasteiger partial charge in [-0.2, -0.15) is 11.8 Å². The number of methoxy groups -OCH3 is 1. The van der Waals surface area contributed by atoms with Gasteiger partial charge < -0.3 is 14.5 Å².